The Kier molecular flexibility index (Phi) is 2.20. The van der Waals surface area contributed by atoms with Crippen molar-refractivity contribution in [1.29, 1.82) is 0 Å². The predicted molar refractivity (Wildman–Crippen MR) is 70.8 cm³/mol. The smallest absolute Gasteiger partial charge is 0.228 e. The summed E-state index contributed by atoms with van der Waals surface area (Å²) in [4.78, 5) is 11.7. The molecule has 0 saturated carbocycles. The van der Waals surface area contributed by atoms with E-state index in [1.807, 2.05) is 42.5 Å². The maximum Gasteiger partial charge on any atom is 0.228 e. The van der Waals surface area contributed by atoms with Crippen LogP contribution in [0.3, 0.4) is 0 Å². The summed E-state index contributed by atoms with van der Waals surface area (Å²) in [5, 5.41) is 2.76. The fraction of sp³-hybridized carbons (Fsp3) is 0.0714. The predicted octanol–water partition coefficient (Wildman–Crippen LogP) is 4.11. The molecule has 0 N–H and O–H groups in total. The van der Waals surface area contributed by atoms with Crippen LogP contribution in [0.2, 0.25) is 5.02 Å². The molecular formula is C14H10ClNO. The Morgan fingerprint density at radius 1 is 1.06 bits per heavy atom. The number of nitrogens with zero attached hydrogens (tertiary/aromatic N) is 1. The molecule has 17 heavy (non-hydrogen) atoms. The Balaban J connectivity index is 2.62. The summed E-state index contributed by atoms with van der Waals surface area (Å²) in [5.74, 6) is 0.0125. The van der Waals surface area contributed by atoms with Gasteiger partial charge < -0.3 is 0 Å². The SMILES string of the molecule is CC(=O)n1c2ccccc2c2cc(Cl)ccc21. The van der Waals surface area contributed by atoms with Crippen molar-refractivity contribution in [2.75, 3.05) is 0 Å². The van der Waals surface area contributed by atoms with Crippen LogP contribution >= 0.6 is 11.6 Å². The number of fused-ring (bicyclic) bond motifs is 3. The minimum absolute atomic E-state index is 0.0125. The van der Waals surface area contributed by atoms with Gasteiger partial charge in [-0.15, -0.1) is 0 Å². The fourth-order valence-corrected chi connectivity index (χ4v) is 2.46. The summed E-state index contributed by atoms with van der Waals surface area (Å²) in [6.45, 7) is 1.57. The van der Waals surface area contributed by atoms with Gasteiger partial charge in [0.15, 0.2) is 0 Å². The van der Waals surface area contributed by atoms with E-state index in [2.05, 4.69) is 0 Å². The van der Waals surface area contributed by atoms with Crippen molar-refractivity contribution in [3.63, 3.8) is 0 Å². The minimum Gasteiger partial charge on any atom is -0.280 e. The molecule has 1 heterocycles. The van der Waals surface area contributed by atoms with Gasteiger partial charge in [-0.1, -0.05) is 29.8 Å². The van der Waals surface area contributed by atoms with Gasteiger partial charge >= 0.3 is 0 Å². The minimum atomic E-state index is 0.0125. The van der Waals surface area contributed by atoms with Gasteiger partial charge in [-0.2, -0.15) is 0 Å². The van der Waals surface area contributed by atoms with Gasteiger partial charge in [0.1, 0.15) is 0 Å². The molecule has 0 fully saturated rings. The molecule has 0 aliphatic rings. The lowest BCUT2D eigenvalue weighted by atomic mass is 10.2. The van der Waals surface area contributed by atoms with E-state index < -0.39 is 0 Å². The molecule has 0 spiro atoms. The molecular weight excluding hydrogens is 234 g/mol. The molecule has 2 aromatic carbocycles. The van der Waals surface area contributed by atoms with E-state index in [4.69, 9.17) is 11.6 Å². The molecule has 0 saturated heterocycles. The number of halogens is 1. The number of para-hydroxylation sites is 1. The molecule has 0 aliphatic carbocycles. The zero-order valence-electron chi connectivity index (χ0n) is 9.27. The first-order chi connectivity index (χ1) is 8.18. The van der Waals surface area contributed by atoms with Crippen molar-refractivity contribution in [2.45, 2.75) is 6.92 Å². The maximum absolute atomic E-state index is 11.7. The Morgan fingerprint density at radius 3 is 2.53 bits per heavy atom. The largest absolute Gasteiger partial charge is 0.280 e. The molecule has 0 aliphatic heterocycles. The van der Waals surface area contributed by atoms with E-state index >= 15 is 0 Å². The average molecular weight is 244 g/mol. The molecule has 3 rings (SSSR count). The van der Waals surface area contributed by atoms with Crippen molar-refractivity contribution in [3.8, 4) is 0 Å². The second-order valence-electron chi connectivity index (χ2n) is 4.03. The third-order valence-corrected chi connectivity index (χ3v) is 3.18. The third kappa shape index (κ3) is 1.45. The number of hydrogen-bond acceptors (Lipinski definition) is 1. The van der Waals surface area contributed by atoms with Crippen LogP contribution in [0, 0.1) is 0 Å². The molecule has 84 valence electrons. The van der Waals surface area contributed by atoms with E-state index in [0.29, 0.717) is 5.02 Å². The van der Waals surface area contributed by atoms with Crippen LogP contribution in [0.5, 0.6) is 0 Å². The summed E-state index contributed by atoms with van der Waals surface area (Å²) in [6, 6.07) is 13.5. The van der Waals surface area contributed by atoms with Crippen molar-refractivity contribution >= 4 is 39.3 Å². The third-order valence-electron chi connectivity index (χ3n) is 2.95. The second kappa shape index (κ2) is 3.60. The first-order valence-corrected chi connectivity index (χ1v) is 5.76. The highest BCUT2D eigenvalue weighted by atomic mass is 35.5. The zero-order valence-corrected chi connectivity index (χ0v) is 10.0. The van der Waals surface area contributed by atoms with E-state index in [1.165, 1.54) is 0 Å². The lowest BCUT2D eigenvalue weighted by Crippen LogP contribution is -2.04. The van der Waals surface area contributed by atoms with Gasteiger partial charge in [0, 0.05) is 22.7 Å². The van der Waals surface area contributed by atoms with Gasteiger partial charge in [0.2, 0.25) is 5.91 Å². The second-order valence-corrected chi connectivity index (χ2v) is 4.47. The van der Waals surface area contributed by atoms with Crippen LogP contribution in [0.25, 0.3) is 21.8 Å². The molecule has 0 unspecified atom stereocenters. The first-order valence-electron chi connectivity index (χ1n) is 5.38. The van der Waals surface area contributed by atoms with Gasteiger partial charge in [-0.3, -0.25) is 9.36 Å². The molecule has 3 aromatic rings. The number of hydrogen-bond donors (Lipinski definition) is 0. The number of rotatable bonds is 0. The molecule has 0 radical (unpaired) electrons. The number of carbonyl (C=O) groups is 1. The lowest BCUT2D eigenvalue weighted by molar-refractivity contribution is 0.0946. The van der Waals surface area contributed by atoms with Gasteiger partial charge in [-0.25, -0.2) is 0 Å². The highest BCUT2D eigenvalue weighted by molar-refractivity contribution is 6.32. The molecule has 1 aromatic heterocycles. The molecule has 3 heteroatoms. The van der Waals surface area contributed by atoms with Crippen LogP contribution < -0.4 is 0 Å². The normalized spacial score (nSPS) is 11.2. The first kappa shape index (κ1) is 10.4. The van der Waals surface area contributed by atoms with Crippen molar-refractivity contribution in [1.82, 2.24) is 4.57 Å². The highest BCUT2D eigenvalue weighted by Crippen LogP contribution is 2.30. The van der Waals surface area contributed by atoms with Gasteiger partial charge in [0.25, 0.3) is 0 Å². The van der Waals surface area contributed by atoms with E-state index in [-0.39, 0.29) is 5.91 Å². The van der Waals surface area contributed by atoms with Crippen LogP contribution in [0.4, 0.5) is 0 Å². The maximum atomic E-state index is 11.7. The van der Waals surface area contributed by atoms with E-state index in [9.17, 15) is 4.79 Å². The summed E-state index contributed by atoms with van der Waals surface area (Å²) in [7, 11) is 0. The number of carbonyl (C=O) groups excluding carboxylic acids is 1. The lowest BCUT2D eigenvalue weighted by Gasteiger charge is -2.00. The van der Waals surface area contributed by atoms with Crippen LogP contribution in [-0.2, 0) is 0 Å². The van der Waals surface area contributed by atoms with Crippen molar-refractivity contribution < 1.29 is 4.79 Å². The van der Waals surface area contributed by atoms with Crippen LogP contribution in [0.1, 0.15) is 11.7 Å². The average Bonchev–Trinajstić information content (AvgIpc) is 2.63. The summed E-state index contributed by atoms with van der Waals surface area (Å²) in [5.41, 5.74) is 1.83. The van der Waals surface area contributed by atoms with Crippen molar-refractivity contribution in [3.05, 3.63) is 47.5 Å². The number of aromatic nitrogens is 1. The topological polar surface area (TPSA) is 22.0 Å². The zero-order chi connectivity index (χ0) is 12.0. The van der Waals surface area contributed by atoms with E-state index in [1.54, 1.807) is 11.5 Å². The quantitative estimate of drug-likeness (QED) is 0.582. The molecule has 2 nitrogen and oxygen atoms in total. The summed E-state index contributed by atoms with van der Waals surface area (Å²) >= 11 is 6.01. The fourth-order valence-electron chi connectivity index (χ4n) is 2.28. The molecule has 0 bridgehead atoms. The molecule has 0 amide bonds. The molecule has 0 atom stereocenters. The standard InChI is InChI=1S/C14H10ClNO/c1-9(17)16-13-5-3-2-4-11(13)12-8-10(15)6-7-14(12)16/h2-8H,1H3. The summed E-state index contributed by atoms with van der Waals surface area (Å²) < 4.78 is 1.72. The van der Waals surface area contributed by atoms with Gasteiger partial charge in [0.05, 0.1) is 11.0 Å². The Morgan fingerprint density at radius 2 is 1.76 bits per heavy atom. The van der Waals surface area contributed by atoms with Crippen LogP contribution in [-0.4, -0.2) is 10.5 Å². The van der Waals surface area contributed by atoms with E-state index in [0.717, 1.165) is 21.8 Å². The van der Waals surface area contributed by atoms with Gasteiger partial charge in [-0.05, 0) is 24.3 Å². The summed E-state index contributed by atoms with van der Waals surface area (Å²) in [6.07, 6.45) is 0. The Hall–Kier alpha value is -1.80. The van der Waals surface area contributed by atoms with Crippen LogP contribution in [0.15, 0.2) is 42.5 Å². The Labute approximate surface area is 103 Å². The monoisotopic (exact) mass is 243 g/mol. The highest BCUT2D eigenvalue weighted by Gasteiger charge is 2.12. The van der Waals surface area contributed by atoms with Crippen molar-refractivity contribution in [2.24, 2.45) is 0 Å². The number of benzene rings is 2. The Bertz CT molecular complexity index is 742.